The molecule has 22 heavy (non-hydrogen) atoms. The third-order valence-corrected chi connectivity index (χ3v) is 3.59. The Hall–Kier alpha value is -2.66. The van der Waals surface area contributed by atoms with E-state index in [9.17, 15) is 4.79 Å². The highest BCUT2D eigenvalue weighted by Crippen LogP contribution is 2.23. The Kier molecular flexibility index (Phi) is 3.89. The Balaban J connectivity index is 2.11. The fraction of sp³-hybridized carbons (Fsp3) is 0.176. The number of hydrogen-bond acceptors (Lipinski definition) is 4. The zero-order valence-electron chi connectivity index (χ0n) is 12.3. The van der Waals surface area contributed by atoms with Crippen LogP contribution in [0, 0.1) is 0 Å². The van der Waals surface area contributed by atoms with E-state index >= 15 is 0 Å². The van der Waals surface area contributed by atoms with E-state index in [1.165, 1.54) is 0 Å². The summed E-state index contributed by atoms with van der Waals surface area (Å²) in [6.07, 6.45) is 0. The second-order valence-corrected chi connectivity index (χ2v) is 5.00. The summed E-state index contributed by atoms with van der Waals surface area (Å²) in [5.41, 5.74) is 8.19. The predicted octanol–water partition coefficient (Wildman–Crippen LogP) is 2.50. The van der Waals surface area contributed by atoms with Gasteiger partial charge in [-0.2, -0.15) is 5.10 Å². The summed E-state index contributed by atoms with van der Waals surface area (Å²) in [6.45, 7) is 1.13. The van der Waals surface area contributed by atoms with Crippen molar-refractivity contribution in [3.05, 3.63) is 59.8 Å². The maximum Gasteiger partial charge on any atom is 0.215 e. The Morgan fingerprint density at radius 2 is 1.91 bits per heavy atom. The number of para-hydroxylation sites is 2. The lowest BCUT2D eigenvalue weighted by Crippen LogP contribution is -2.09. The summed E-state index contributed by atoms with van der Waals surface area (Å²) < 4.78 is 6.90. The van der Waals surface area contributed by atoms with Crippen molar-refractivity contribution in [1.82, 2.24) is 9.78 Å². The molecule has 112 valence electrons. The molecule has 0 radical (unpaired) electrons. The van der Waals surface area contributed by atoms with Crippen LogP contribution in [0.5, 0.6) is 0 Å². The van der Waals surface area contributed by atoms with Gasteiger partial charge in [0.2, 0.25) is 5.78 Å². The molecule has 0 spiro atoms. The summed E-state index contributed by atoms with van der Waals surface area (Å²) in [7, 11) is 1.64. The number of ether oxygens (including phenoxy) is 1. The van der Waals surface area contributed by atoms with Gasteiger partial charge in [-0.3, -0.25) is 9.48 Å². The first-order chi connectivity index (χ1) is 10.7. The van der Waals surface area contributed by atoms with E-state index < -0.39 is 0 Å². The van der Waals surface area contributed by atoms with Crippen LogP contribution in [0.15, 0.2) is 48.5 Å². The number of nitrogens with zero attached hydrogens (tertiary/aromatic N) is 2. The van der Waals surface area contributed by atoms with Crippen molar-refractivity contribution in [3.8, 4) is 0 Å². The molecule has 0 aliphatic heterocycles. The van der Waals surface area contributed by atoms with E-state index in [2.05, 4.69) is 5.10 Å². The van der Waals surface area contributed by atoms with Crippen LogP contribution in [0.1, 0.15) is 16.1 Å². The predicted molar refractivity (Wildman–Crippen MR) is 85.9 cm³/mol. The van der Waals surface area contributed by atoms with E-state index in [-0.39, 0.29) is 5.78 Å². The first kappa shape index (κ1) is 14.3. The summed E-state index contributed by atoms with van der Waals surface area (Å²) in [6, 6.07) is 14.7. The number of hydrogen-bond donors (Lipinski definition) is 1. The zero-order chi connectivity index (χ0) is 15.5. The average molecular weight is 295 g/mol. The SMILES string of the molecule is COCCn1nc(C(=O)c2ccccc2N)c2ccccc21. The Morgan fingerprint density at radius 3 is 2.68 bits per heavy atom. The van der Waals surface area contributed by atoms with Crippen LogP contribution in [0.25, 0.3) is 10.9 Å². The van der Waals surface area contributed by atoms with Gasteiger partial charge < -0.3 is 10.5 Å². The van der Waals surface area contributed by atoms with E-state index in [0.717, 1.165) is 10.9 Å². The van der Waals surface area contributed by atoms with Gasteiger partial charge in [-0.25, -0.2) is 0 Å². The molecule has 0 saturated carbocycles. The number of ketones is 1. The van der Waals surface area contributed by atoms with E-state index in [0.29, 0.717) is 30.1 Å². The molecule has 5 heteroatoms. The van der Waals surface area contributed by atoms with Gasteiger partial charge >= 0.3 is 0 Å². The summed E-state index contributed by atoms with van der Waals surface area (Å²) in [4.78, 5) is 12.8. The van der Waals surface area contributed by atoms with Gasteiger partial charge in [0.25, 0.3) is 0 Å². The van der Waals surface area contributed by atoms with Gasteiger partial charge in [-0.05, 0) is 18.2 Å². The molecular weight excluding hydrogens is 278 g/mol. The van der Waals surface area contributed by atoms with E-state index in [4.69, 9.17) is 10.5 Å². The Bertz CT molecular complexity index is 824. The first-order valence-corrected chi connectivity index (χ1v) is 7.06. The average Bonchev–Trinajstić information content (AvgIpc) is 2.92. The third kappa shape index (κ3) is 2.46. The van der Waals surface area contributed by atoms with Crippen LogP contribution in [-0.2, 0) is 11.3 Å². The number of fused-ring (bicyclic) bond motifs is 1. The van der Waals surface area contributed by atoms with Crippen molar-refractivity contribution in [3.63, 3.8) is 0 Å². The zero-order valence-corrected chi connectivity index (χ0v) is 12.3. The van der Waals surface area contributed by atoms with Crippen molar-refractivity contribution in [2.75, 3.05) is 19.5 Å². The van der Waals surface area contributed by atoms with Crippen molar-refractivity contribution < 1.29 is 9.53 Å². The Morgan fingerprint density at radius 1 is 1.18 bits per heavy atom. The molecule has 3 rings (SSSR count). The molecule has 2 N–H and O–H groups in total. The smallest absolute Gasteiger partial charge is 0.215 e. The number of aromatic nitrogens is 2. The molecule has 0 aliphatic rings. The lowest BCUT2D eigenvalue weighted by Gasteiger charge is -2.02. The topological polar surface area (TPSA) is 70.1 Å². The second kappa shape index (κ2) is 5.99. The third-order valence-electron chi connectivity index (χ3n) is 3.59. The second-order valence-electron chi connectivity index (χ2n) is 5.00. The minimum Gasteiger partial charge on any atom is -0.398 e. The van der Waals surface area contributed by atoms with Crippen molar-refractivity contribution in [2.45, 2.75) is 6.54 Å². The van der Waals surface area contributed by atoms with Crippen molar-refractivity contribution >= 4 is 22.4 Å². The highest BCUT2D eigenvalue weighted by atomic mass is 16.5. The van der Waals surface area contributed by atoms with Crippen LogP contribution in [0.2, 0.25) is 0 Å². The normalized spacial score (nSPS) is 11.0. The van der Waals surface area contributed by atoms with Crippen LogP contribution >= 0.6 is 0 Å². The molecule has 0 amide bonds. The van der Waals surface area contributed by atoms with Gasteiger partial charge in [0.1, 0.15) is 5.69 Å². The fourth-order valence-corrected chi connectivity index (χ4v) is 2.47. The monoisotopic (exact) mass is 295 g/mol. The minimum absolute atomic E-state index is 0.162. The molecule has 3 aromatic rings. The van der Waals surface area contributed by atoms with E-state index in [1.807, 2.05) is 24.3 Å². The number of methoxy groups -OCH3 is 1. The van der Waals surface area contributed by atoms with E-state index in [1.54, 1.807) is 36.1 Å². The molecule has 2 aromatic carbocycles. The lowest BCUT2D eigenvalue weighted by molar-refractivity contribution is 0.103. The number of carbonyl (C=O) groups excluding carboxylic acids is 1. The van der Waals surface area contributed by atoms with Gasteiger partial charge in [-0.1, -0.05) is 30.3 Å². The van der Waals surface area contributed by atoms with Gasteiger partial charge in [0.05, 0.1) is 18.7 Å². The number of carbonyl (C=O) groups is 1. The lowest BCUT2D eigenvalue weighted by atomic mass is 10.0. The number of anilines is 1. The van der Waals surface area contributed by atoms with Crippen LogP contribution < -0.4 is 5.73 Å². The summed E-state index contributed by atoms with van der Waals surface area (Å²) >= 11 is 0. The Labute approximate surface area is 128 Å². The maximum absolute atomic E-state index is 12.8. The highest BCUT2D eigenvalue weighted by molar-refractivity contribution is 6.17. The molecule has 0 saturated heterocycles. The maximum atomic E-state index is 12.8. The van der Waals surface area contributed by atoms with Crippen LogP contribution in [0.3, 0.4) is 0 Å². The highest BCUT2D eigenvalue weighted by Gasteiger charge is 2.19. The minimum atomic E-state index is -0.162. The molecule has 1 aromatic heterocycles. The molecule has 0 aliphatic carbocycles. The summed E-state index contributed by atoms with van der Waals surface area (Å²) in [5, 5.41) is 5.30. The number of benzene rings is 2. The first-order valence-electron chi connectivity index (χ1n) is 7.06. The summed E-state index contributed by atoms with van der Waals surface area (Å²) in [5.74, 6) is -0.162. The van der Waals surface area contributed by atoms with Gasteiger partial charge in [0, 0.05) is 23.7 Å². The molecular formula is C17H17N3O2. The molecule has 1 heterocycles. The number of rotatable bonds is 5. The standard InChI is InChI=1S/C17H17N3O2/c1-22-11-10-20-15-9-5-3-7-13(15)16(19-20)17(21)12-6-2-4-8-14(12)18/h2-9H,10-11,18H2,1H3. The molecule has 0 atom stereocenters. The van der Waals surface area contributed by atoms with Crippen LogP contribution in [0.4, 0.5) is 5.69 Å². The quantitative estimate of drug-likeness (QED) is 0.580. The molecule has 0 fully saturated rings. The van der Waals surface area contributed by atoms with Gasteiger partial charge in [0.15, 0.2) is 0 Å². The fourth-order valence-electron chi connectivity index (χ4n) is 2.47. The molecule has 0 unspecified atom stereocenters. The number of nitrogen functional groups attached to an aromatic ring is 1. The van der Waals surface area contributed by atoms with Gasteiger partial charge in [-0.15, -0.1) is 0 Å². The molecule has 5 nitrogen and oxygen atoms in total. The number of nitrogens with two attached hydrogens (primary N) is 1. The van der Waals surface area contributed by atoms with Crippen molar-refractivity contribution in [1.29, 1.82) is 0 Å². The van der Waals surface area contributed by atoms with Crippen LogP contribution in [-0.4, -0.2) is 29.3 Å². The molecule has 0 bridgehead atoms. The largest absolute Gasteiger partial charge is 0.398 e. The van der Waals surface area contributed by atoms with Crippen molar-refractivity contribution in [2.24, 2.45) is 0 Å².